The smallest absolute Gasteiger partial charge is 0.316 e. The summed E-state index contributed by atoms with van der Waals surface area (Å²) in [5, 5.41) is 4.04. The first kappa shape index (κ1) is 20.3. The maximum absolute atomic E-state index is 13.4. The number of thiophene rings is 2. The van der Waals surface area contributed by atoms with E-state index < -0.39 is 11.1 Å². The summed E-state index contributed by atoms with van der Waals surface area (Å²) in [7, 11) is 0. The molecule has 0 unspecified atom stereocenters. The predicted molar refractivity (Wildman–Crippen MR) is 122 cm³/mol. The molecular formula is C22H21N3O3S2. The molecule has 0 fully saturated rings. The number of hydrogen-bond donors (Lipinski definition) is 1. The van der Waals surface area contributed by atoms with Gasteiger partial charge in [0.05, 0.1) is 17.6 Å². The van der Waals surface area contributed by atoms with Crippen LogP contribution in [0.1, 0.15) is 27.0 Å². The predicted octanol–water partition coefficient (Wildman–Crippen LogP) is 3.72. The summed E-state index contributed by atoms with van der Waals surface area (Å²) in [4.78, 5) is 44.2. The summed E-state index contributed by atoms with van der Waals surface area (Å²) >= 11 is 3.30. The van der Waals surface area contributed by atoms with Gasteiger partial charge in [-0.1, -0.05) is 12.1 Å². The van der Waals surface area contributed by atoms with Gasteiger partial charge in [-0.2, -0.15) is 0 Å². The van der Waals surface area contributed by atoms with Crippen LogP contribution in [0.4, 0.5) is 0 Å². The molecule has 0 saturated heterocycles. The van der Waals surface area contributed by atoms with Gasteiger partial charge < -0.3 is 14.5 Å². The van der Waals surface area contributed by atoms with E-state index in [0.717, 1.165) is 11.3 Å². The second-order valence-electron chi connectivity index (χ2n) is 6.87. The second-order valence-corrected chi connectivity index (χ2v) is 8.94. The highest BCUT2D eigenvalue weighted by Gasteiger charge is 2.18. The summed E-state index contributed by atoms with van der Waals surface area (Å²) < 4.78 is 1.42. The first-order valence-electron chi connectivity index (χ1n) is 9.67. The summed E-state index contributed by atoms with van der Waals surface area (Å²) in [5.74, 6) is -0.100. The SMILES string of the molecule is CCn1c(=O)c(=O)[nH]c2cc(C(=O)N(CCc3cccs3)Cc3cccs3)ccc21. The van der Waals surface area contributed by atoms with Crippen LogP contribution in [0.25, 0.3) is 11.0 Å². The third-order valence-corrected chi connectivity index (χ3v) is 6.76. The molecule has 1 N–H and O–H groups in total. The van der Waals surface area contributed by atoms with E-state index in [0.29, 0.717) is 36.2 Å². The summed E-state index contributed by atoms with van der Waals surface area (Å²) in [6.45, 7) is 3.33. The molecule has 0 saturated carbocycles. The molecule has 0 radical (unpaired) electrons. The van der Waals surface area contributed by atoms with Crippen molar-refractivity contribution in [2.24, 2.45) is 0 Å². The number of H-pyrrole nitrogens is 1. The Balaban J connectivity index is 1.67. The maximum Gasteiger partial charge on any atom is 0.316 e. The van der Waals surface area contributed by atoms with E-state index in [2.05, 4.69) is 11.1 Å². The first-order chi connectivity index (χ1) is 14.6. The zero-order chi connectivity index (χ0) is 21.1. The minimum Gasteiger partial charge on any atom is -0.333 e. The third-order valence-electron chi connectivity index (χ3n) is 4.96. The lowest BCUT2D eigenvalue weighted by Gasteiger charge is -2.22. The summed E-state index contributed by atoms with van der Waals surface area (Å²) in [6.07, 6.45) is 0.786. The van der Waals surface area contributed by atoms with Gasteiger partial charge in [-0.15, -0.1) is 22.7 Å². The number of amides is 1. The van der Waals surface area contributed by atoms with Gasteiger partial charge in [0.1, 0.15) is 0 Å². The zero-order valence-electron chi connectivity index (χ0n) is 16.5. The summed E-state index contributed by atoms with van der Waals surface area (Å²) in [6, 6.07) is 13.2. The Morgan fingerprint density at radius 1 is 1.07 bits per heavy atom. The number of nitrogens with zero attached hydrogens (tertiary/aromatic N) is 2. The monoisotopic (exact) mass is 439 g/mol. The summed E-state index contributed by atoms with van der Waals surface area (Å²) in [5.41, 5.74) is 0.326. The number of benzene rings is 1. The Morgan fingerprint density at radius 2 is 1.80 bits per heavy atom. The quantitative estimate of drug-likeness (QED) is 0.446. The number of aryl methyl sites for hydroxylation is 1. The highest BCUT2D eigenvalue weighted by atomic mass is 32.1. The van der Waals surface area contributed by atoms with Gasteiger partial charge in [-0.05, 0) is 54.4 Å². The number of aromatic amines is 1. The number of aromatic nitrogens is 2. The molecule has 6 nitrogen and oxygen atoms in total. The third kappa shape index (κ3) is 4.15. The molecule has 0 aliphatic rings. The number of rotatable bonds is 7. The molecular weight excluding hydrogens is 418 g/mol. The Labute approximate surface area is 181 Å². The Kier molecular flexibility index (Phi) is 5.96. The van der Waals surface area contributed by atoms with Crippen LogP contribution in [-0.4, -0.2) is 26.9 Å². The van der Waals surface area contributed by atoms with Gasteiger partial charge in [-0.3, -0.25) is 14.4 Å². The lowest BCUT2D eigenvalue weighted by Crippen LogP contribution is -2.36. The van der Waals surface area contributed by atoms with Gasteiger partial charge >= 0.3 is 11.1 Å². The zero-order valence-corrected chi connectivity index (χ0v) is 18.1. The van der Waals surface area contributed by atoms with E-state index in [1.54, 1.807) is 40.9 Å². The first-order valence-corrected chi connectivity index (χ1v) is 11.4. The average molecular weight is 440 g/mol. The highest BCUT2D eigenvalue weighted by Crippen LogP contribution is 2.19. The molecule has 4 rings (SSSR count). The number of fused-ring (bicyclic) bond motifs is 1. The number of nitrogens with one attached hydrogen (secondary N) is 1. The van der Waals surface area contributed by atoms with Gasteiger partial charge in [0, 0.05) is 28.4 Å². The Bertz CT molecular complexity index is 1270. The van der Waals surface area contributed by atoms with Crippen LogP contribution in [0.5, 0.6) is 0 Å². The van der Waals surface area contributed by atoms with Gasteiger partial charge in [0.15, 0.2) is 0 Å². The number of carbonyl (C=O) groups is 1. The van der Waals surface area contributed by atoms with Crippen molar-refractivity contribution in [3.63, 3.8) is 0 Å². The molecule has 0 bridgehead atoms. The molecule has 8 heteroatoms. The van der Waals surface area contributed by atoms with Crippen LogP contribution in [-0.2, 0) is 19.5 Å². The van der Waals surface area contributed by atoms with Crippen molar-refractivity contribution in [1.29, 1.82) is 0 Å². The van der Waals surface area contributed by atoms with Crippen LogP contribution in [0.15, 0.2) is 62.8 Å². The molecule has 3 heterocycles. The molecule has 0 atom stereocenters. The fraction of sp³-hybridized carbons (Fsp3) is 0.227. The number of carbonyl (C=O) groups excluding carboxylic acids is 1. The van der Waals surface area contributed by atoms with E-state index in [1.807, 2.05) is 40.8 Å². The van der Waals surface area contributed by atoms with Crippen molar-refractivity contribution >= 4 is 39.6 Å². The molecule has 0 aliphatic carbocycles. The topological polar surface area (TPSA) is 75.2 Å². The fourth-order valence-corrected chi connectivity index (χ4v) is 4.87. The van der Waals surface area contributed by atoms with Crippen molar-refractivity contribution < 1.29 is 4.79 Å². The van der Waals surface area contributed by atoms with Crippen molar-refractivity contribution in [2.75, 3.05) is 6.54 Å². The second kappa shape index (κ2) is 8.81. The van der Waals surface area contributed by atoms with Crippen LogP contribution in [0.2, 0.25) is 0 Å². The molecule has 0 aliphatic heterocycles. The van der Waals surface area contributed by atoms with Gasteiger partial charge in [0.25, 0.3) is 5.91 Å². The minimum absolute atomic E-state index is 0.100. The highest BCUT2D eigenvalue weighted by molar-refractivity contribution is 7.10. The van der Waals surface area contributed by atoms with E-state index in [1.165, 1.54) is 9.44 Å². The van der Waals surface area contributed by atoms with E-state index in [4.69, 9.17) is 0 Å². The van der Waals surface area contributed by atoms with Crippen molar-refractivity contribution in [3.8, 4) is 0 Å². The van der Waals surface area contributed by atoms with Gasteiger partial charge in [-0.25, -0.2) is 0 Å². The largest absolute Gasteiger partial charge is 0.333 e. The van der Waals surface area contributed by atoms with Crippen LogP contribution in [0, 0.1) is 0 Å². The maximum atomic E-state index is 13.4. The minimum atomic E-state index is -0.679. The van der Waals surface area contributed by atoms with Crippen LogP contribution in [0.3, 0.4) is 0 Å². The normalized spacial score (nSPS) is 11.1. The lowest BCUT2D eigenvalue weighted by molar-refractivity contribution is 0.0747. The van der Waals surface area contributed by atoms with E-state index in [9.17, 15) is 14.4 Å². The number of hydrogen-bond acceptors (Lipinski definition) is 5. The Hall–Kier alpha value is -2.97. The molecule has 1 aromatic carbocycles. The lowest BCUT2D eigenvalue weighted by atomic mass is 10.1. The molecule has 154 valence electrons. The Morgan fingerprint density at radius 3 is 2.47 bits per heavy atom. The molecule has 0 spiro atoms. The molecule has 1 amide bonds. The average Bonchev–Trinajstić information content (AvgIpc) is 3.45. The fourth-order valence-electron chi connectivity index (χ4n) is 3.45. The standard InChI is InChI=1S/C22H21N3O3S2/c1-2-25-19-8-7-15(13-18(19)23-20(26)22(25)28)21(27)24(14-17-6-4-12-30-17)10-9-16-5-3-11-29-16/h3-8,11-13H,2,9-10,14H2,1H3,(H,23,26). The molecule has 3 aromatic heterocycles. The molecule has 30 heavy (non-hydrogen) atoms. The van der Waals surface area contributed by atoms with Crippen LogP contribution >= 0.6 is 22.7 Å². The van der Waals surface area contributed by atoms with E-state index >= 15 is 0 Å². The molecule has 4 aromatic rings. The van der Waals surface area contributed by atoms with Crippen molar-refractivity contribution in [3.05, 3.63) is 89.3 Å². The van der Waals surface area contributed by atoms with Crippen molar-refractivity contribution in [1.82, 2.24) is 14.5 Å². The van der Waals surface area contributed by atoms with Crippen molar-refractivity contribution in [2.45, 2.75) is 26.4 Å². The van der Waals surface area contributed by atoms with Gasteiger partial charge in [0.2, 0.25) is 0 Å². The van der Waals surface area contributed by atoms with E-state index in [-0.39, 0.29) is 5.91 Å². The van der Waals surface area contributed by atoms with Crippen LogP contribution < -0.4 is 11.1 Å².